The Morgan fingerprint density at radius 3 is 1.92 bits per heavy atom. The second-order valence-electron chi connectivity index (χ2n) is 13.5. The van der Waals surface area contributed by atoms with Gasteiger partial charge < -0.3 is 4.90 Å². The summed E-state index contributed by atoms with van der Waals surface area (Å²) in [5, 5.41) is 7.43. The van der Waals surface area contributed by atoms with E-state index in [2.05, 4.69) is 158 Å². The molecular formula is C40H41N6PS. The highest BCUT2D eigenvalue weighted by molar-refractivity contribution is 8.19. The van der Waals surface area contributed by atoms with Gasteiger partial charge in [-0.3, -0.25) is 9.57 Å². The van der Waals surface area contributed by atoms with Crippen molar-refractivity contribution >= 4 is 41.0 Å². The minimum atomic E-state index is -2.58. The molecule has 1 saturated heterocycles. The van der Waals surface area contributed by atoms with Crippen LogP contribution in [0, 0.1) is 6.92 Å². The highest BCUT2D eigenvalue weighted by Crippen LogP contribution is 2.64. The van der Waals surface area contributed by atoms with Gasteiger partial charge in [0.15, 0.2) is 5.82 Å². The molecule has 3 aliphatic heterocycles. The number of benzene rings is 4. The monoisotopic (exact) mass is 668 g/mol. The van der Waals surface area contributed by atoms with Crippen LogP contribution in [0.1, 0.15) is 42.3 Å². The number of aliphatic imine (C=N–C) groups is 1. The summed E-state index contributed by atoms with van der Waals surface area (Å²) in [4.78, 5) is 10.2. The van der Waals surface area contributed by atoms with E-state index < -0.39 is 6.19 Å². The lowest BCUT2D eigenvalue weighted by Crippen LogP contribution is -2.48. The van der Waals surface area contributed by atoms with Crippen LogP contribution in [0.15, 0.2) is 131 Å². The molecule has 1 atom stereocenters. The predicted octanol–water partition coefficient (Wildman–Crippen LogP) is 7.96. The summed E-state index contributed by atoms with van der Waals surface area (Å²) in [6.07, 6.45) is -0.473. The van der Waals surface area contributed by atoms with Crippen LogP contribution < -0.4 is 10.2 Å². The Morgan fingerprint density at radius 1 is 0.750 bits per heavy atom. The van der Waals surface area contributed by atoms with Crippen molar-refractivity contribution in [1.82, 2.24) is 19.4 Å². The van der Waals surface area contributed by atoms with Crippen LogP contribution >= 0.6 is 6.19 Å². The molecule has 4 heterocycles. The number of allylic oxidation sites excluding steroid dienone is 2. The van der Waals surface area contributed by atoms with Gasteiger partial charge in [-0.05, 0) is 41.8 Å². The Kier molecular flexibility index (Phi) is 7.84. The van der Waals surface area contributed by atoms with Gasteiger partial charge in [0.2, 0.25) is 0 Å². The average Bonchev–Trinajstić information content (AvgIpc) is 3.57. The fourth-order valence-electron chi connectivity index (χ4n) is 8.14. The Labute approximate surface area is 289 Å². The summed E-state index contributed by atoms with van der Waals surface area (Å²) in [6, 6.07) is 41.1. The van der Waals surface area contributed by atoms with Crippen molar-refractivity contribution in [1.29, 1.82) is 0 Å². The van der Waals surface area contributed by atoms with Crippen molar-refractivity contribution in [2.45, 2.75) is 32.2 Å². The van der Waals surface area contributed by atoms with Gasteiger partial charge in [0.05, 0.1) is 28.9 Å². The minimum Gasteiger partial charge on any atom is -0.346 e. The molecule has 3 aliphatic rings. The number of likely N-dealkylation sites (N-methyl/N-ethyl adjacent to an activating group) is 1. The number of aromatic nitrogens is 2. The van der Waals surface area contributed by atoms with Crippen LogP contribution in [0.5, 0.6) is 0 Å². The van der Waals surface area contributed by atoms with Crippen molar-refractivity contribution in [2.75, 3.05) is 38.1 Å². The lowest BCUT2D eigenvalue weighted by molar-refractivity contribution is 0.159. The lowest BCUT2D eigenvalue weighted by atomic mass is 9.84. The van der Waals surface area contributed by atoms with E-state index in [4.69, 9.17) is 21.9 Å². The molecule has 1 aromatic heterocycles. The molecule has 8 rings (SSSR count). The van der Waals surface area contributed by atoms with Gasteiger partial charge in [0.25, 0.3) is 0 Å². The maximum Gasteiger partial charge on any atom is 0.165 e. The van der Waals surface area contributed by atoms with Gasteiger partial charge in [-0.1, -0.05) is 123 Å². The van der Waals surface area contributed by atoms with E-state index in [0.717, 1.165) is 48.7 Å². The van der Waals surface area contributed by atoms with Gasteiger partial charge in [-0.2, -0.15) is 5.10 Å². The number of hydrogen-bond donors (Lipinski definition) is 0. The van der Waals surface area contributed by atoms with Gasteiger partial charge in [0.1, 0.15) is 0 Å². The van der Waals surface area contributed by atoms with Crippen molar-refractivity contribution in [2.24, 2.45) is 4.99 Å². The van der Waals surface area contributed by atoms with E-state index in [1.165, 1.54) is 33.4 Å². The fourth-order valence-corrected chi connectivity index (χ4v) is 13.1. The van der Waals surface area contributed by atoms with E-state index in [1.54, 1.807) is 0 Å². The van der Waals surface area contributed by atoms with Gasteiger partial charge in [-0.25, -0.2) is 9.67 Å². The number of para-hydroxylation sites is 2. The number of fused-ring (bicyclic) bond motifs is 2. The molecule has 0 bridgehead atoms. The largest absolute Gasteiger partial charge is 0.346 e. The molecule has 0 radical (unpaired) electrons. The molecule has 0 amide bonds. The third-order valence-corrected chi connectivity index (χ3v) is 15.5. The molecular weight excluding hydrogens is 628 g/mol. The van der Waals surface area contributed by atoms with Crippen LogP contribution in [-0.4, -0.2) is 58.8 Å². The third kappa shape index (κ3) is 4.87. The SMILES string of the molecule is Cc1nn(-c2ccccc2)c2c1P(=S)(N1CCN(C(c3ccccc3)c3ccccc3)CC1)/C(=C1/N(C)c3ccccc3C1(C)C)C=N2. The van der Waals surface area contributed by atoms with Gasteiger partial charge in [-0.15, -0.1) is 0 Å². The zero-order valence-electron chi connectivity index (χ0n) is 28.0. The topological polar surface area (TPSA) is 39.9 Å². The number of nitrogens with zero attached hydrogens (tertiary/aromatic N) is 6. The Hall–Kier alpha value is -4.13. The van der Waals surface area contributed by atoms with Crippen molar-refractivity contribution in [3.05, 3.63) is 149 Å². The first-order valence-electron chi connectivity index (χ1n) is 16.8. The molecule has 4 aromatic carbocycles. The van der Waals surface area contributed by atoms with Crippen LogP contribution in [-0.2, 0) is 17.2 Å². The number of aryl methyl sites for hydroxylation is 1. The maximum atomic E-state index is 7.18. The summed E-state index contributed by atoms with van der Waals surface area (Å²) in [7, 11) is 2.20. The summed E-state index contributed by atoms with van der Waals surface area (Å²) < 4.78 is 4.63. The summed E-state index contributed by atoms with van der Waals surface area (Å²) in [6.45, 7) is 10.3. The predicted molar refractivity (Wildman–Crippen MR) is 203 cm³/mol. The molecule has 0 aliphatic carbocycles. The van der Waals surface area contributed by atoms with E-state index in [0.29, 0.717) is 0 Å². The maximum absolute atomic E-state index is 7.18. The second kappa shape index (κ2) is 12.1. The lowest BCUT2D eigenvalue weighted by Gasteiger charge is -2.46. The molecule has 5 aromatic rings. The highest BCUT2D eigenvalue weighted by Gasteiger charge is 2.48. The van der Waals surface area contributed by atoms with Crippen LogP contribution in [0.25, 0.3) is 5.69 Å². The molecule has 0 spiro atoms. The van der Waals surface area contributed by atoms with E-state index >= 15 is 0 Å². The Morgan fingerprint density at radius 2 is 1.31 bits per heavy atom. The molecule has 0 N–H and O–H groups in total. The van der Waals surface area contributed by atoms with Crippen LogP contribution in [0.3, 0.4) is 0 Å². The summed E-state index contributed by atoms with van der Waals surface area (Å²) >= 11 is 7.18. The Bertz CT molecular complexity index is 2040. The summed E-state index contributed by atoms with van der Waals surface area (Å²) in [5.74, 6) is 0.872. The zero-order valence-corrected chi connectivity index (χ0v) is 29.7. The van der Waals surface area contributed by atoms with Gasteiger partial charge >= 0.3 is 0 Å². The second-order valence-corrected chi connectivity index (χ2v) is 17.7. The minimum absolute atomic E-state index is 0.187. The first-order valence-corrected chi connectivity index (χ1v) is 19.5. The number of piperazine rings is 1. The van der Waals surface area contributed by atoms with Crippen molar-refractivity contribution in [3.63, 3.8) is 0 Å². The standard InChI is InChI=1S/C40H41N6PS/c1-29-37-39(46(42-29)32-20-12-7-13-21-32)41-28-35(38-40(2,3)33-22-14-15-23-34(33)43(38)4)47(37,48)45-26-24-44(25-27-45)36(30-16-8-5-9-17-30)31-18-10-6-11-19-31/h5-23,28,36H,24-27H2,1-4H3/b38-35+. The van der Waals surface area contributed by atoms with Crippen LogP contribution in [0.2, 0.25) is 0 Å². The van der Waals surface area contributed by atoms with E-state index in [1.807, 2.05) is 10.7 Å². The third-order valence-electron chi connectivity index (χ3n) is 10.3. The normalized spacial score (nSPS) is 22.2. The molecule has 48 heavy (non-hydrogen) atoms. The number of hydrogen-bond acceptors (Lipinski definition) is 5. The molecule has 1 unspecified atom stereocenters. The first kappa shape index (κ1) is 31.2. The quantitative estimate of drug-likeness (QED) is 0.178. The van der Waals surface area contributed by atoms with Crippen molar-refractivity contribution < 1.29 is 0 Å². The molecule has 8 heteroatoms. The molecule has 0 saturated carbocycles. The molecule has 1 fully saturated rings. The average molecular weight is 669 g/mol. The van der Waals surface area contributed by atoms with Crippen molar-refractivity contribution in [3.8, 4) is 5.69 Å². The highest BCUT2D eigenvalue weighted by atomic mass is 32.4. The van der Waals surface area contributed by atoms with Crippen LogP contribution in [0.4, 0.5) is 11.5 Å². The number of anilines is 1. The molecule has 242 valence electrons. The summed E-state index contributed by atoms with van der Waals surface area (Å²) in [5.41, 5.74) is 8.20. The molecule has 6 nitrogen and oxygen atoms in total. The van der Waals surface area contributed by atoms with E-state index in [9.17, 15) is 0 Å². The van der Waals surface area contributed by atoms with Gasteiger partial charge in [0, 0.05) is 61.6 Å². The van der Waals surface area contributed by atoms with E-state index in [-0.39, 0.29) is 11.5 Å². The smallest absolute Gasteiger partial charge is 0.165 e. The fraction of sp³-hybridized carbons (Fsp3) is 0.250. The number of rotatable bonds is 5. The first-order chi connectivity index (χ1) is 23.3. The zero-order chi connectivity index (χ0) is 33.0. The Balaban J connectivity index is 1.25.